The third kappa shape index (κ3) is 6.68. The summed E-state index contributed by atoms with van der Waals surface area (Å²) in [7, 11) is 1.77. The first-order valence-corrected chi connectivity index (χ1v) is 12.4. The number of carbonyl (C=O) groups excluding carboxylic acids is 1. The van der Waals surface area contributed by atoms with Gasteiger partial charge in [0.25, 0.3) is 0 Å². The zero-order valence-corrected chi connectivity index (χ0v) is 19.8. The number of ether oxygens (including phenoxy) is 1. The van der Waals surface area contributed by atoms with E-state index in [0.29, 0.717) is 13.1 Å². The lowest BCUT2D eigenvalue weighted by Gasteiger charge is -2.43. The molecule has 8 heteroatoms. The van der Waals surface area contributed by atoms with Crippen LogP contribution in [0.1, 0.15) is 37.7 Å². The largest absolute Gasteiger partial charge is 0.480 e. The van der Waals surface area contributed by atoms with Crippen molar-refractivity contribution in [3.05, 3.63) is 35.9 Å². The van der Waals surface area contributed by atoms with Crippen molar-refractivity contribution in [2.45, 2.75) is 50.9 Å². The van der Waals surface area contributed by atoms with Crippen LogP contribution in [0.15, 0.2) is 30.3 Å². The topological polar surface area (TPSA) is 76.6 Å². The van der Waals surface area contributed by atoms with Gasteiger partial charge in [0.15, 0.2) is 6.23 Å². The molecule has 3 saturated heterocycles. The third-order valence-electron chi connectivity index (χ3n) is 7.43. The van der Waals surface area contributed by atoms with Gasteiger partial charge in [-0.05, 0) is 43.8 Å². The summed E-state index contributed by atoms with van der Waals surface area (Å²) in [5.74, 6) is -0.0175. The Morgan fingerprint density at radius 3 is 2.45 bits per heavy atom. The van der Waals surface area contributed by atoms with E-state index in [2.05, 4.69) is 40.1 Å². The molecule has 0 saturated carbocycles. The van der Waals surface area contributed by atoms with E-state index in [-0.39, 0.29) is 24.9 Å². The Kier molecular flexibility index (Phi) is 8.22. The quantitative estimate of drug-likeness (QED) is 0.609. The van der Waals surface area contributed by atoms with Gasteiger partial charge < -0.3 is 14.7 Å². The van der Waals surface area contributed by atoms with Crippen LogP contribution in [0, 0.1) is 5.92 Å². The maximum absolute atomic E-state index is 11.9. The molecule has 1 amide bonds. The van der Waals surface area contributed by atoms with Crippen LogP contribution in [0.5, 0.6) is 0 Å². The van der Waals surface area contributed by atoms with Gasteiger partial charge in [-0.1, -0.05) is 43.2 Å². The minimum absolute atomic E-state index is 0.0779. The summed E-state index contributed by atoms with van der Waals surface area (Å²) >= 11 is 0. The Morgan fingerprint density at radius 1 is 1.03 bits per heavy atom. The van der Waals surface area contributed by atoms with E-state index >= 15 is 0 Å². The van der Waals surface area contributed by atoms with Crippen LogP contribution in [0.3, 0.4) is 0 Å². The molecule has 2 unspecified atom stereocenters. The molecule has 4 rings (SSSR count). The molecule has 8 nitrogen and oxygen atoms in total. The summed E-state index contributed by atoms with van der Waals surface area (Å²) in [5, 5.41) is 9.22. The lowest BCUT2D eigenvalue weighted by atomic mass is 9.90. The number of aliphatic carboxylic acids is 1. The minimum atomic E-state index is -0.781. The van der Waals surface area contributed by atoms with Crippen molar-refractivity contribution in [3.63, 3.8) is 0 Å². The fraction of sp³-hybridized carbons (Fsp3) is 0.680. The molecule has 0 spiro atoms. The Balaban J connectivity index is 1.24. The molecule has 1 N–H and O–H groups in total. The number of likely N-dealkylation sites (N-methyl/N-ethyl adjacent to an activating group) is 1. The van der Waals surface area contributed by atoms with E-state index in [4.69, 9.17) is 4.74 Å². The molecule has 0 bridgehead atoms. The smallest absolute Gasteiger partial charge is 0.411 e. The van der Waals surface area contributed by atoms with Gasteiger partial charge in [0.1, 0.15) is 0 Å². The predicted molar refractivity (Wildman–Crippen MR) is 126 cm³/mol. The normalized spacial score (nSPS) is 26.0. The monoisotopic (exact) mass is 458 g/mol. The lowest BCUT2D eigenvalue weighted by Crippen LogP contribution is -2.58. The molecule has 0 aliphatic carbocycles. The predicted octanol–water partition coefficient (Wildman–Crippen LogP) is 2.55. The number of benzene rings is 1. The maximum Gasteiger partial charge on any atom is 0.411 e. The number of hydrogen-bond acceptors (Lipinski definition) is 6. The Bertz CT molecular complexity index is 784. The standard InChI is InChI=1S/C25H38N4O4/c1-26-18-23(33-25(26)32)29-15-14-28(19-24(30)31)17-22(29)9-5-8-20-10-12-27(13-11-20)16-21-6-3-2-4-7-21/h2-4,6-7,20,22-23H,5,8-19H2,1H3,(H,30,31). The highest BCUT2D eigenvalue weighted by Gasteiger charge is 2.39. The molecule has 2 atom stereocenters. The molecule has 3 fully saturated rings. The van der Waals surface area contributed by atoms with Gasteiger partial charge in [-0.3, -0.25) is 19.5 Å². The molecule has 3 aliphatic heterocycles. The first kappa shape index (κ1) is 24.0. The van der Waals surface area contributed by atoms with Crippen LogP contribution in [0.25, 0.3) is 0 Å². The summed E-state index contributed by atoms with van der Waals surface area (Å²) in [6.07, 6.45) is 5.36. The Morgan fingerprint density at radius 2 is 1.79 bits per heavy atom. The molecule has 0 aromatic heterocycles. The van der Waals surface area contributed by atoms with Gasteiger partial charge in [-0.15, -0.1) is 0 Å². The molecule has 3 heterocycles. The highest BCUT2D eigenvalue weighted by Crippen LogP contribution is 2.27. The van der Waals surface area contributed by atoms with Crippen LogP contribution in [-0.4, -0.2) is 102 Å². The average Bonchev–Trinajstić information content (AvgIpc) is 3.13. The van der Waals surface area contributed by atoms with Crippen molar-refractivity contribution in [2.75, 3.05) is 52.9 Å². The van der Waals surface area contributed by atoms with Crippen molar-refractivity contribution in [3.8, 4) is 0 Å². The number of amides is 1. The van der Waals surface area contributed by atoms with Crippen LogP contribution in [0.2, 0.25) is 0 Å². The molecule has 1 aromatic rings. The number of carboxylic acid groups (broad SMARTS) is 1. The molecular weight excluding hydrogens is 420 g/mol. The molecule has 1 aromatic carbocycles. The number of cyclic esters (lactones) is 1. The number of nitrogens with zero attached hydrogens (tertiary/aromatic N) is 4. The third-order valence-corrected chi connectivity index (χ3v) is 7.43. The molecule has 182 valence electrons. The Hall–Kier alpha value is -2.16. The van der Waals surface area contributed by atoms with Gasteiger partial charge in [-0.25, -0.2) is 4.79 Å². The molecular formula is C25H38N4O4. The van der Waals surface area contributed by atoms with Gasteiger partial charge in [0.05, 0.1) is 13.1 Å². The number of rotatable bonds is 9. The first-order valence-electron chi connectivity index (χ1n) is 12.4. The van der Waals surface area contributed by atoms with E-state index in [1.807, 2.05) is 4.90 Å². The number of carboxylic acids is 1. The maximum atomic E-state index is 11.9. The van der Waals surface area contributed by atoms with Gasteiger partial charge in [0, 0.05) is 39.3 Å². The second kappa shape index (κ2) is 11.3. The van der Waals surface area contributed by atoms with Crippen molar-refractivity contribution in [2.24, 2.45) is 5.92 Å². The van der Waals surface area contributed by atoms with E-state index in [1.165, 1.54) is 24.8 Å². The van der Waals surface area contributed by atoms with Crippen LogP contribution < -0.4 is 0 Å². The second-order valence-electron chi connectivity index (χ2n) is 9.88. The summed E-state index contributed by atoms with van der Waals surface area (Å²) in [6.45, 7) is 6.17. The fourth-order valence-electron chi connectivity index (χ4n) is 5.55. The van der Waals surface area contributed by atoms with E-state index < -0.39 is 5.97 Å². The van der Waals surface area contributed by atoms with E-state index in [9.17, 15) is 14.7 Å². The zero-order valence-electron chi connectivity index (χ0n) is 19.8. The molecule has 33 heavy (non-hydrogen) atoms. The van der Waals surface area contributed by atoms with Gasteiger partial charge in [-0.2, -0.15) is 0 Å². The van der Waals surface area contributed by atoms with Crippen molar-refractivity contribution >= 4 is 12.1 Å². The SMILES string of the molecule is CN1CC(N2CCN(CC(=O)O)CC2CCCC2CCN(Cc3ccccc3)CC2)OC1=O. The first-order chi connectivity index (χ1) is 16.0. The number of piperazine rings is 1. The van der Waals surface area contributed by atoms with E-state index in [1.54, 1.807) is 11.9 Å². The highest BCUT2D eigenvalue weighted by molar-refractivity contribution is 5.69. The lowest BCUT2D eigenvalue weighted by molar-refractivity contribution is -0.139. The number of carbonyl (C=O) groups is 2. The number of piperidine rings is 1. The van der Waals surface area contributed by atoms with Gasteiger partial charge in [0.2, 0.25) is 0 Å². The minimum Gasteiger partial charge on any atom is -0.480 e. The molecule has 0 radical (unpaired) electrons. The van der Waals surface area contributed by atoms with Crippen molar-refractivity contribution < 1.29 is 19.4 Å². The average molecular weight is 459 g/mol. The van der Waals surface area contributed by atoms with Gasteiger partial charge >= 0.3 is 12.1 Å². The van der Waals surface area contributed by atoms with Crippen LogP contribution in [0.4, 0.5) is 4.79 Å². The molecule has 3 aliphatic rings. The summed E-state index contributed by atoms with van der Waals surface area (Å²) in [4.78, 5) is 31.6. The van der Waals surface area contributed by atoms with Crippen molar-refractivity contribution in [1.82, 2.24) is 19.6 Å². The highest BCUT2D eigenvalue weighted by atomic mass is 16.6. The van der Waals surface area contributed by atoms with Crippen LogP contribution >= 0.6 is 0 Å². The second-order valence-corrected chi connectivity index (χ2v) is 9.88. The van der Waals surface area contributed by atoms with Crippen LogP contribution in [-0.2, 0) is 16.1 Å². The number of hydrogen-bond donors (Lipinski definition) is 1. The Labute approximate surface area is 197 Å². The van der Waals surface area contributed by atoms with E-state index in [0.717, 1.165) is 51.5 Å². The zero-order chi connectivity index (χ0) is 23.2. The summed E-state index contributed by atoms with van der Waals surface area (Å²) < 4.78 is 5.59. The summed E-state index contributed by atoms with van der Waals surface area (Å²) in [5.41, 5.74) is 1.39. The fourth-order valence-corrected chi connectivity index (χ4v) is 5.55. The van der Waals surface area contributed by atoms with Crippen molar-refractivity contribution in [1.29, 1.82) is 0 Å². The summed E-state index contributed by atoms with van der Waals surface area (Å²) in [6, 6.07) is 10.9. The number of likely N-dealkylation sites (tertiary alicyclic amines) is 1.